The van der Waals surface area contributed by atoms with Gasteiger partial charge < -0.3 is 33.2 Å². The van der Waals surface area contributed by atoms with Crippen molar-refractivity contribution in [3.63, 3.8) is 0 Å². The van der Waals surface area contributed by atoms with E-state index >= 15 is 0 Å². The highest BCUT2D eigenvalue weighted by Crippen LogP contribution is 2.34. The number of esters is 2. The monoisotopic (exact) mass is 722 g/mol. The van der Waals surface area contributed by atoms with Crippen molar-refractivity contribution in [1.82, 2.24) is 0 Å². The van der Waals surface area contributed by atoms with Crippen molar-refractivity contribution in [1.29, 1.82) is 0 Å². The fraction of sp³-hybridized carbons (Fsp3) is 0.150. The van der Waals surface area contributed by atoms with Crippen molar-refractivity contribution in [2.75, 3.05) is 7.11 Å². The van der Waals surface area contributed by atoms with Gasteiger partial charge in [-0.15, -0.1) is 0 Å². The summed E-state index contributed by atoms with van der Waals surface area (Å²) in [5.74, 6) is 0.419. The number of hydrogen-bond acceptors (Lipinski definition) is 12. The molecule has 0 N–H and O–H groups in total. The van der Waals surface area contributed by atoms with Crippen molar-refractivity contribution in [3.8, 4) is 40.2 Å². The largest absolute Gasteiger partial charge is 0.519 e. The van der Waals surface area contributed by atoms with Crippen molar-refractivity contribution in [3.05, 3.63) is 126 Å². The van der Waals surface area contributed by atoms with E-state index in [0.29, 0.717) is 11.5 Å². The van der Waals surface area contributed by atoms with Gasteiger partial charge in [0.15, 0.2) is 0 Å². The molecule has 0 bridgehead atoms. The summed E-state index contributed by atoms with van der Waals surface area (Å²) in [5.41, 5.74) is 1.37. The highest BCUT2D eigenvalue weighted by molar-refractivity contribution is 7.99. The SMILES string of the molecule is COc1ccc(Sc2ccc(OC(=O)Oc3ccc(C(C)(C)c4ccc(OC(=O)Oc5cc(OC(C)=O)cc(OC(C)=O)c5)cc4)cc3)cc2)cc1. The lowest BCUT2D eigenvalue weighted by Crippen LogP contribution is -2.19. The first-order chi connectivity index (χ1) is 24.9. The van der Waals surface area contributed by atoms with Crippen LogP contribution in [0.4, 0.5) is 9.59 Å². The Balaban J connectivity index is 1.14. The maximum Gasteiger partial charge on any atom is 0.519 e. The van der Waals surface area contributed by atoms with Gasteiger partial charge in [0.05, 0.1) is 7.11 Å². The van der Waals surface area contributed by atoms with E-state index in [2.05, 4.69) is 0 Å². The Morgan fingerprint density at radius 2 is 0.750 bits per heavy atom. The molecule has 0 aromatic heterocycles. The Morgan fingerprint density at radius 3 is 1.10 bits per heavy atom. The number of hydrogen-bond donors (Lipinski definition) is 0. The maximum absolute atomic E-state index is 12.5. The minimum absolute atomic E-state index is 0.0163. The van der Waals surface area contributed by atoms with Gasteiger partial charge in [0.1, 0.15) is 40.2 Å². The van der Waals surface area contributed by atoms with Crippen LogP contribution in [0, 0.1) is 0 Å². The predicted molar refractivity (Wildman–Crippen MR) is 191 cm³/mol. The van der Waals surface area contributed by atoms with Crippen LogP contribution < -0.4 is 33.2 Å². The van der Waals surface area contributed by atoms with E-state index in [0.717, 1.165) is 26.7 Å². The first-order valence-corrected chi connectivity index (χ1v) is 16.6. The van der Waals surface area contributed by atoms with Gasteiger partial charge in [-0.1, -0.05) is 49.9 Å². The standard InChI is InChI=1S/C40H34O11S/c1-25(41)46-33-22-34(47-26(2)42)24-35(23-33)51-39(44)49-31-12-8-28(9-13-31)40(3,4)27-6-10-30(11-7-27)48-38(43)50-32-16-20-37(21-17-32)52-36-18-14-29(45-5)15-19-36/h6-24H,1-5H3. The molecule has 5 rings (SSSR count). The fourth-order valence-electron chi connectivity index (χ4n) is 4.88. The topological polar surface area (TPSA) is 133 Å². The van der Waals surface area contributed by atoms with E-state index in [1.54, 1.807) is 55.3 Å². The molecule has 0 aliphatic rings. The third-order valence-corrected chi connectivity index (χ3v) is 8.47. The van der Waals surface area contributed by atoms with Crippen LogP contribution in [0.15, 0.2) is 125 Å². The maximum atomic E-state index is 12.5. The molecule has 0 aliphatic heterocycles. The molecule has 0 unspecified atom stereocenters. The first-order valence-electron chi connectivity index (χ1n) is 15.8. The molecule has 0 spiro atoms. The van der Waals surface area contributed by atoms with Crippen LogP contribution in [0.25, 0.3) is 0 Å². The number of rotatable bonds is 11. The molecule has 266 valence electrons. The third kappa shape index (κ3) is 10.4. The van der Waals surface area contributed by atoms with Crippen molar-refractivity contribution in [2.24, 2.45) is 0 Å². The summed E-state index contributed by atoms with van der Waals surface area (Å²) in [6.07, 6.45) is -1.92. The molecule has 0 atom stereocenters. The summed E-state index contributed by atoms with van der Waals surface area (Å²) in [6.45, 7) is 6.45. The van der Waals surface area contributed by atoms with E-state index < -0.39 is 29.7 Å². The number of carbonyl (C=O) groups is 4. The van der Waals surface area contributed by atoms with Crippen LogP contribution in [-0.2, 0) is 15.0 Å². The normalized spacial score (nSPS) is 10.8. The zero-order valence-corrected chi connectivity index (χ0v) is 29.7. The summed E-state index contributed by atoms with van der Waals surface area (Å²) >= 11 is 1.57. The van der Waals surface area contributed by atoms with Gasteiger partial charge in [-0.25, -0.2) is 9.59 Å². The van der Waals surface area contributed by atoms with Crippen molar-refractivity contribution >= 4 is 36.0 Å². The molecule has 0 amide bonds. The minimum atomic E-state index is -1.06. The van der Waals surface area contributed by atoms with Crippen LogP contribution in [0.5, 0.6) is 40.2 Å². The zero-order valence-electron chi connectivity index (χ0n) is 28.9. The van der Waals surface area contributed by atoms with Gasteiger partial charge in [0.25, 0.3) is 0 Å². The highest BCUT2D eigenvalue weighted by atomic mass is 32.2. The van der Waals surface area contributed by atoms with E-state index in [1.165, 1.54) is 32.0 Å². The van der Waals surface area contributed by atoms with Crippen LogP contribution in [0.1, 0.15) is 38.8 Å². The lowest BCUT2D eigenvalue weighted by Gasteiger charge is -2.26. The number of methoxy groups -OCH3 is 1. The zero-order chi connectivity index (χ0) is 37.3. The van der Waals surface area contributed by atoms with Crippen LogP contribution in [0.3, 0.4) is 0 Å². The van der Waals surface area contributed by atoms with Crippen molar-refractivity contribution in [2.45, 2.75) is 42.9 Å². The molecule has 0 fully saturated rings. The Labute approximate surface area is 304 Å². The second-order valence-corrected chi connectivity index (χ2v) is 12.8. The highest BCUT2D eigenvalue weighted by Gasteiger charge is 2.24. The molecule has 5 aromatic carbocycles. The van der Waals surface area contributed by atoms with E-state index in [1.807, 2.05) is 74.5 Å². The molecule has 12 heteroatoms. The Kier molecular flexibility index (Phi) is 11.8. The molecule has 52 heavy (non-hydrogen) atoms. The lowest BCUT2D eigenvalue weighted by molar-refractivity contribution is -0.132. The second-order valence-electron chi connectivity index (χ2n) is 11.7. The Bertz CT molecular complexity index is 2000. The minimum Gasteiger partial charge on any atom is -0.497 e. The average Bonchev–Trinajstić information content (AvgIpc) is 3.09. The molecule has 0 aliphatic carbocycles. The number of carbonyl (C=O) groups excluding carboxylic acids is 4. The quantitative estimate of drug-likeness (QED) is 0.0731. The molecular weight excluding hydrogens is 688 g/mol. The number of benzene rings is 5. The summed E-state index contributed by atoms with van der Waals surface area (Å²) in [5, 5.41) is 0. The van der Waals surface area contributed by atoms with E-state index in [9.17, 15) is 19.2 Å². The van der Waals surface area contributed by atoms with Crippen LogP contribution in [0.2, 0.25) is 0 Å². The molecule has 11 nitrogen and oxygen atoms in total. The molecule has 0 radical (unpaired) electrons. The Hall–Kier alpha value is -6.27. The first kappa shape index (κ1) is 37.0. The van der Waals surface area contributed by atoms with Crippen LogP contribution >= 0.6 is 11.8 Å². The van der Waals surface area contributed by atoms with Crippen LogP contribution in [-0.4, -0.2) is 31.4 Å². The molecule has 0 heterocycles. The van der Waals surface area contributed by atoms with E-state index in [-0.39, 0.29) is 23.0 Å². The fourth-order valence-corrected chi connectivity index (χ4v) is 5.70. The number of ether oxygens (including phenoxy) is 7. The molecule has 5 aromatic rings. The van der Waals surface area contributed by atoms with Gasteiger partial charge in [0, 0.05) is 47.3 Å². The van der Waals surface area contributed by atoms with Gasteiger partial charge in [0.2, 0.25) is 0 Å². The summed E-state index contributed by atoms with van der Waals surface area (Å²) in [6, 6.07) is 32.6. The Morgan fingerprint density at radius 1 is 0.442 bits per heavy atom. The van der Waals surface area contributed by atoms with Crippen molar-refractivity contribution < 1.29 is 52.3 Å². The summed E-state index contributed by atoms with van der Waals surface area (Å²) in [4.78, 5) is 49.8. The average molecular weight is 723 g/mol. The summed E-state index contributed by atoms with van der Waals surface area (Å²) < 4.78 is 36.6. The predicted octanol–water partition coefficient (Wildman–Crippen LogP) is 9.18. The molecular formula is C40H34O11S. The third-order valence-electron chi connectivity index (χ3n) is 7.45. The van der Waals surface area contributed by atoms with Gasteiger partial charge >= 0.3 is 24.2 Å². The second kappa shape index (κ2) is 16.6. The van der Waals surface area contributed by atoms with Gasteiger partial charge in [-0.05, 0) is 83.9 Å². The lowest BCUT2D eigenvalue weighted by atomic mass is 9.78. The molecule has 0 saturated carbocycles. The van der Waals surface area contributed by atoms with E-state index in [4.69, 9.17) is 33.2 Å². The van der Waals surface area contributed by atoms with Gasteiger partial charge in [-0.2, -0.15) is 0 Å². The molecule has 0 saturated heterocycles. The smallest absolute Gasteiger partial charge is 0.497 e. The van der Waals surface area contributed by atoms with Gasteiger partial charge in [-0.3, -0.25) is 9.59 Å². The summed E-state index contributed by atoms with van der Waals surface area (Å²) in [7, 11) is 1.62.